The third-order valence-corrected chi connectivity index (χ3v) is 18.0. The van der Waals surface area contributed by atoms with Gasteiger partial charge in [0.1, 0.15) is 6.04 Å². The number of nitrogens with two attached hydrogens (primary N) is 3. The summed E-state index contributed by atoms with van der Waals surface area (Å²) in [6.07, 6.45) is 15.5. The van der Waals surface area contributed by atoms with Crippen molar-refractivity contribution >= 4 is 63.4 Å². The zero-order valence-electron chi connectivity index (χ0n) is 54.4. The fourth-order valence-electron chi connectivity index (χ4n) is 13.1. The number of rotatable bonds is 40. The highest BCUT2D eigenvalue weighted by atomic mass is 16.7. The van der Waals surface area contributed by atoms with Crippen LogP contribution in [0, 0.1) is 0 Å². The SMILES string of the molecule is CN(CCOCCOCCON(C)C(=O)C1C[C@H](N=[N+]=[N-])CN1C(=O)c1ccc2c(=O)oc(=O)[nH]c2c1)C(=O)CCC12c3cc(NC(=O)CCCCCCCN)ccc3C(c3ccc(NC(=O)CCCCCCCN)cc31)c1ccc(NC(=O)CCCCCCCN)cc12. The Morgan fingerprint density at radius 2 is 1.12 bits per heavy atom. The van der Waals surface area contributed by atoms with Gasteiger partial charge >= 0.3 is 11.4 Å². The van der Waals surface area contributed by atoms with E-state index in [9.17, 15) is 38.4 Å². The molecule has 5 aromatic rings. The first-order chi connectivity index (χ1) is 45.6. The second-order valence-electron chi connectivity index (χ2n) is 24.6. The van der Waals surface area contributed by atoms with Gasteiger partial charge in [-0.25, -0.2) is 14.7 Å². The molecule has 1 aromatic heterocycles. The number of benzene rings is 4. The fourth-order valence-corrected chi connectivity index (χ4v) is 13.1. The minimum absolute atomic E-state index is 0.0318. The maximum absolute atomic E-state index is 14.6. The number of aromatic nitrogens is 1. The molecule has 25 heteroatoms. The molecule has 2 atom stereocenters. The first-order valence-electron chi connectivity index (χ1n) is 33.4. The number of nitrogens with one attached hydrogen (secondary N) is 4. The molecular weight excluding hydrogens is 1200 g/mol. The van der Waals surface area contributed by atoms with Crippen molar-refractivity contribution in [1.29, 1.82) is 0 Å². The molecule has 1 fully saturated rings. The molecule has 1 aliphatic heterocycles. The van der Waals surface area contributed by atoms with Gasteiger partial charge in [-0.15, -0.1) is 0 Å². The Morgan fingerprint density at radius 1 is 0.638 bits per heavy atom. The number of H-pyrrole nitrogens is 1. The Labute approximate surface area is 548 Å². The number of carbonyl (C=O) groups is 6. The lowest BCUT2D eigenvalue weighted by Gasteiger charge is -2.51. The van der Waals surface area contributed by atoms with Gasteiger partial charge < -0.3 is 56.8 Å². The van der Waals surface area contributed by atoms with Crippen molar-refractivity contribution in [1.82, 2.24) is 19.8 Å². The number of hydroxylamine groups is 2. The van der Waals surface area contributed by atoms with Crippen LogP contribution in [0.5, 0.6) is 0 Å². The molecule has 4 aliphatic rings. The summed E-state index contributed by atoms with van der Waals surface area (Å²) in [5.41, 5.74) is 32.5. The fraction of sp³-hybridized carbons (Fsp3) is 0.536. The van der Waals surface area contributed by atoms with E-state index >= 15 is 0 Å². The molecule has 9 rings (SSSR count). The van der Waals surface area contributed by atoms with Crippen molar-refractivity contribution in [3.8, 4) is 0 Å². The van der Waals surface area contributed by atoms with E-state index in [4.69, 9.17) is 37.0 Å². The third-order valence-electron chi connectivity index (χ3n) is 18.0. The van der Waals surface area contributed by atoms with Crippen molar-refractivity contribution < 1.29 is 47.5 Å². The topological polar surface area (TPSA) is 366 Å². The summed E-state index contributed by atoms with van der Waals surface area (Å²) >= 11 is 0. The number of ether oxygens (including phenoxy) is 2. The lowest BCUT2D eigenvalue weighted by molar-refractivity contribution is -0.186. The Morgan fingerprint density at radius 3 is 1.62 bits per heavy atom. The first-order valence-corrected chi connectivity index (χ1v) is 33.4. The van der Waals surface area contributed by atoms with Crippen molar-refractivity contribution in [2.45, 2.75) is 158 Å². The van der Waals surface area contributed by atoms with E-state index in [1.165, 1.54) is 30.1 Å². The summed E-state index contributed by atoms with van der Waals surface area (Å²) in [7, 11) is 3.13. The van der Waals surface area contributed by atoms with E-state index in [0.29, 0.717) is 62.4 Å². The highest BCUT2D eigenvalue weighted by Gasteiger charge is 2.52. The van der Waals surface area contributed by atoms with Crippen molar-refractivity contribution in [3.05, 3.63) is 143 Å². The highest BCUT2D eigenvalue weighted by Crippen LogP contribution is 2.62. The summed E-state index contributed by atoms with van der Waals surface area (Å²) in [6, 6.07) is 20.5. The van der Waals surface area contributed by atoms with Crippen molar-refractivity contribution in [3.63, 3.8) is 0 Å². The molecule has 94 heavy (non-hydrogen) atoms. The molecule has 1 unspecified atom stereocenters. The number of amides is 6. The van der Waals surface area contributed by atoms with Gasteiger partial charge in [-0.1, -0.05) is 81.1 Å². The lowest BCUT2D eigenvalue weighted by atomic mass is 9.51. The van der Waals surface area contributed by atoms with Gasteiger partial charge in [0.05, 0.1) is 50.0 Å². The number of unbranched alkanes of at least 4 members (excludes halogenated alkanes) is 12. The lowest BCUT2D eigenvalue weighted by Crippen LogP contribution is -2.46. The normalized spacial score (nSPS) is 16.6. The second kappa shape index (κ2) is 35.8. The summed E-state index contributed by atoms with van der Waals surface area (Å²) in [5.74, 6) is -2.78. The van der Waals surface area contributed by atoms with Crippen LogP contribution in [0.15, 0.2) is 91.9 Å². The van der Waals surface area contributed by atoms with E-state index in [0.717, 1.165) is 135 Å². The number of likely N-dealkylation sites (N-methyl/N-ethyl adjacent to an activating group) is 2. The summed E-state index contributed by atoms with van der Waals surface area (Å²) in [4.78, 5) is 121. The van der Waals surface area contributed by atoms with Gasteiger partial charge in [0.15, 0.2) is 0 Å². The van der Waals surface area contributed by atoms with Crippen LogP contribution in [-0.4, -0.2) is 147 Å². The van der Waals surface area contributed by atoms with E-state index < -0.39 is 40.7 Å². The molecule has 4 aromatic carbocycles. The second-order valence-corrected chi connectivity index (χ2v) is 24.6. The molecule has 3 aliphatic carbocycles. The van der Waals surface area contributed by atoms with E-state index in [1.54, 1.807) is 11.9 Å². The number of fused-ring (bicyclic) bond motifs is 1. The van der Waals surface area contributed by atoms with Crippen LogP contribution >= 0.6 is 0 Å². The van der Waals surface area contributed by atoms with E-state index in [1.807, 2.05) is 18.2 Å². The maximum Gasteiger partial charge on any atom is 0.419 e. The molecular formula is C69H93N13O12. The van der Waals surface area contributed by atoms with Crippen LogP contribution in [0.4, 0.5) is 17.1 Å². The average molecular weight is 1300 g/mol. The first kappa shape index (κ1) is 71.6. The van der Waals surface area contributed by atoms with Crippen LogP contribution in [0.25, 0.3) is 21.3 Å². The number of hydrogen-bond donors (Lipinski definition) is 7. The zero-order valence-corrected chi connectivity index (χ0v) is 54.4. The molecule has 506 valence electrons. The number of likely N-dealkylation sites (tertiary alicyclic amines) is 1. The van der Waals surface area contributed by atoms with Crippen LogP contribution in [0.1, 0.15) is 184 Å². The predicted octanol–water partition coefficient (Wildman–Crippen LogP) is 8.59. The van der Waals surface area contributed by atoms with Crippen LogP contribution in [0.2, 0.25) is 0 Å². The van der Waals surface area contributed by atoms with Crippen molar-refractivity contribution in [2.24, 2.45) is 22.3 Å². The minimum atomic E-state index is -1.06. The number of hydrogen-bond acceptors (Lipinski definition) is 16. The van der Waals surface area contributed by atoms with Gasteiger partial charge in [0.25, 0.3) is 11.8 Å². The monoisotopic (exact) mass is 1300 g/mol. The third kappa shape index (κ3) is 18.8. The Hall–Kier alpha value is -8.29. The number of anilines is 3. The zero-order chi connectivity index (χ0) is 67.0. The number of carbonyl (C=O) groups excluding carboxylic acids is 6. The van der Waals surface area contributed by atoms with Gasteiger partial charge in [-0.3, -0.25) is 38.6 Å². The van der Waals surface area contributed by atoms with Gasteiger partial charge in [-0.2, -0.15) is 0 Å². The minimum Gasteiger partial charge on any atom is -0.377 e. The largest absolute Gasteiger partial charge is 0.419 e. The molecule has 2 bridgehead atoms. The quantitative estimate of drug-likeness (QED) is 0.00634. The highest BCUT2D eigenvalue weighted by molar-refractivity contribution is 6.00. The summed E-state index contributed by atoms with van der Waals surface area (Å²) in [5, 5.41) is 14.4. The molecule has 10 N–H and O–H groups in total. The van der Waals surface area contributed by atoms with Crippen LogP contribution < -0.4 is 44.5 Å². The molecule has 0 saturated carbocycles. The summed E-state index contributed by atoms with van der Waals surface area (Å²) < 4.78 is 16.3. The molecule has 1 saturated heterocycles. The van der Waals surface area contributed by atoms with E-state index in [-0.39, 0.29) is 105 Å². The van der Waals surface area contributed by atoms with E-state index in [2.05, 4.69) is 71.8 Å². The molecule has 0 spiro atoms. The van der Waals surface area contributed by atoms with Gasteiger partial charge in [-0.05, 0) is 165 Å². The van der Waals surface area contributed by atoms with Crippen molar-refractivity contribution in [2.75, 3.05) is 95.8 Å². The van der Waals surface area contributed by atoms with Crippen LogP contribution in [0.3, 0.4) is 0 Å². The summed E-state index contributed by atoms with van der Waals surface area (Å²) in [6.45, 7) is 2.75. The Bertz CT molecular complexity index is 3410. The van der Waals surface area contributed by atoms with Gasteiger partial charge in [0, 0.05) is 91.7 Å². The average Bonchev–Trinajstić information content (AvgIpc) is 0.731. The predicted molar refractivity (Wildman–Crippen MR) is 359 cm³/mol. The van der Waals surface area contributed by atoms with Crippen LogP contribution in [-0.2, 0) is 43.7 Å². The Balaban J connectivity index is 0.922. The number of nitrogens with zero attached hydrogens (tertiary/aromatic N) is 6. The molecule has 2 heterocycles. The number of azide groups is 1. The molecule has 6 amide bonds. The standard InChI is InChI=1S/C69H93N13O12/c1-80(34-35-91-36-37-92-38-39-93-81(2)66(88)59-44-50(78-79-73)45-82(59)65(87)46-21-25-54-58(40-46)77-68(90)94-67(54)89)63(86)29-30-69-55-41-47(74-60(83)18-12-6-3-9-15-31-70)22-26-51(55)64(52-27-23-48(42-56(52)69)75-61(84)19-13-7-4-10-16-32-71)53-28-24-49(43-57(53)69)76-62(85)20-14-8-5-11-17-33-72/h21-28,40-43,50,59,64H,3-20,29-39,44-45,70-72H2,1-2H3,(H,74,83)(H,75,84)(H,76,85)(H,77,90)/t50-,59?,64?,69?/m0/s1. The smallest absolute Gasteiger partial charge is 0.377 e. The maximum atomic E-state index is 14.6. The number of aromatic amines is 1. The van der Waals surface area contributed by atoms with Gasteiger partial charge in [0.2, 0.25) is 23.6 Å². The molecule has 0 radical (unpaired) electrons. The Kier molecular flexibility index (Phi) is 27.3. The molecule has 25 nitrogen and oxygen atoms in total.